The minimum absolute atomic E-state index is 0. The fourth-order valence-electron chi connectivity index (χ4n) is 3.06. The van der Waals surface area contributed by atoms with Gasteiger partial charge < -0.3 is 11.1 Å². The number of halogens is 1. The molecule has 1 saturated carbocycles. The van der Waals surface area contributed by atoms with Gasteiger partial charge >= 0.3 is 0 Å². The van der Waals surface area contributed by atoms with Gasteiger partial charge in [-0.2, -0.15) is 0 Å². The van der Waals surface area contributed by atoms with E-state index in [2.05, 4.69) is 10.3 Å². The van der Waals surface area contributed by atoms with E-state index < -0.39 is 9.84 Å². The molecule has 0 heterocycles. The largest absolute Gasteiger partial charge is 0.370 e. The zero-order valence-electron chi connectivity index (χ0n) is 14.7. The van der Waals surface area contributed by atoms with E-state index in [0.29, 0.717) is 25.0 Å². The summed E-state index contributed by atoms with van der Waals surface area (Å²) in [7, 11) is -3.10. The third-order valence-corrected chi connectivity index (χ3v) is 6.02. The smallest absolute Gasteiger partial charge is 0.188 e. The van der Waals surface area contributed by atoms with Crippen LogP contribution in [-0.2, 0) is 15.6 Å². The van der Waals surface area contributed by atoms with Crippen molar-refractivity contribution in [2.45, 2.75) is 56.7 Å². The standard InChI is InChI=1S/C18H29N3O2S.HI/c19-18(21-17-11-6-1-2-7-12-17)20-13-8-14-24(22,23)15-16-9-4-3-5-10-16;/h3-5,9-10,17H,1-2,6-8,11-15H2,(H3,19,20,21);1H. The lowest BCUT2D eigenvalue weighted by Gasteiger charge is -2.16. The van der Waals surface area contributed by atoms with Crippen LogP contribution in [0.5, 0.6) is 0 Å². The molecule has 1 aromatic carbocycles. The van der Waals surface area contributed by atoms with Crippen LogP contribution in [0.3, 0.4) is 0 Å². The van der Waals surface area contributed by atoms with E-state index in [1.165, 1.54) is 25.7 Å². The van der Waals surface area contributed by atoms with E-state index in [1.807, 2.05) is 30.3 Å². The van der Waals surface area contributed by atoms with Crippen LogP contribution in [0.25, 0.3) is 0 Å². The molecule has 5 nitrogen and oxygen atoms in total. The van der Waals surface area contributed by atoms with E-state index in [0.717, 1.165) is 18.4 Å². The Hall–Kier alpha value is -0.830. The molecule has 142 valence electrons. The van der Waals surface area contributed by atoms with E-state index >= 15 is 0 Å². The summed E-state index contributed by atoms with van der Waals surface area (Å²) in [5.41, 5.74) is 6.75. The number of hydrogen-bond donors (Lipinski definition) is 2. The number of benzene rings is 1. The molecular formula is C18H30IN3O2S. The topological polar surface area (TPSA) is 84.5 Å². The summed E-state index contributed by atoms with van der Waals surface area (Å²) in [5.74, 6) is 0.678. The lowest BCUT2D eigenvalue weighted by molar-refractivity contribution is 0.530. The first-order valence-corrected chi connectivity index (χ1v) is 10.7. The first-order valence-electron chi connectivity index (χ1n) is 8.86. The summed E-state index contributed by atoms with van der Waals surface area (Å²) in [6.07, 6.45) is 7.86. The molecule has 1 fully saturated rings. The second kappa shape index (κ2) is 11.7. The van der Waals surface area contributed by atoms with Crippen molar-refractivity contribution in [3.8, 4) is 0 Å². The highest BCUT2D eigenvalue weighted by Crippen LogP contribution is 2.16. The lowest BCUT2D eigenvalue weighted by atomic mass is 10.1. The Labute approximate surface area is 168 Å². The van der Waals surface area contributed by atoms with Crippen molar-refractivity contribution in [3.05, 3.63) is 35.9 Å². The first-order chi connectivity index (χ1) is 11.6. The second-order valence-electron chi connectivity index (χ2n) is 6.53. The molecule has 0 atom stereocenters. The number of nitrogens with one attached hydrogen (secondary N) is 1. The van der Waals surface area contributed by atoms with Crippen LogP contribution >= 0.6 is 24.0 Å². The van der Waals surface area contributed by atoms with Crippen molar-refractivity contribution >= 4 is 39.8 Å². The highest BCUT2D eigenvalue weighted by Gasteiger charge is 2.13. The van der Waals surface area contributed by atoms with Crippen molar-refractivity contribution in [1.82, 2.24) is 5.32 Å². The fourth-order valence-corrected chi connectivity index (χ4v) is 4.48. The summed E-state index contributed by atoms with van der Waals surface area (Å²) in [6, 6.07) is 9.69. The Morgan fingerprint density at radius 1 is 1.12 bits per heavy atom. The predicted octanol–water partition coefficient (Wildman–Crippen LogP) is 3.24. The van der Waals surface area contributed by atoms with Crippen LogP contribution in [0.15, 0.2) is 35.3 Å². The van der Waals surface area contributed by atoms with Crippen molar-refractivity contribution in [3.63, 3.8) is 0 Å². The first kappa shape index (κ1) is 22.2. The quantitative estimate of drug-likeness (QED) is 0.207. The Kier molecular flexibility index (Phi) is 10.4. The number of nitrogens with two attached hydrogens (primary N) is 1. The molecule has 1 aliphatic carbocycles. The minimum atomic E-state index is -3.10. The molecule has 0 aromatic heterocycles. The highest BCUT2D eigenvalue weighted by molar-refractivity contribution is 14.0. The third-order valence-electron chi connectivity index (χ3n) is 4.33. The van der Waals surface area contributed by atoms with E-state index in [-0.39, 0.29) is 35.5 Å². The van der Waals surface area contributed by atoms with Gasteiger partial charge in [-0.15, -0.1) is 24.0 Å². The molecule has 0 unspecified atom stereocenters. The van der Waals surface area contributed by atoms with Gasteiger partial charge in [-0.25, -0.2) is 8.42 Å². The Bertz CT molecular complexity index is 612. The molecule has 0 saturated heterocycles. The van der Waals surface area contributed by atoms with Gasteiger partial charge in [0.15, 0.2) is 15.8 Å². The molecule has 0 bridgehead atoms. The number of hydrogen-bond acceptors (Lipinski definition) is 3. The highest BCUT2D eigenvalue weighted by atomic mass is 127. The molecule has 7 heteroatoms. The number of aliphatic imine (C=N–C) groups is 1. The molecule has 3 N–H and O–H groups in total. The maximum atomic E-state index is 12.1. The van der Waals surface area contributed by atoms with Gasteiger partial charge in [0.1, 0.15) is 0 Å². The SMILES string of the molecule is I.NC(=NCCCS(=O)(=O)Cc1ccccc1)NC1CCCCCC1. The lowest BCUT2D eigenvalue weighted by Crippen LogP contribution is -2.39. The van der Waals surface area contributed by atoms with Gasteiger partial charge in [0.25, 0.3) is 0 Å². The van der Waals surface area contributed by atoms with Crippen molar-refractivity contribution < 1.29 is 8.42 Å². The molecule has 25 heavy (non-hydrogen) atoms. The molecule has 1 aliphatic rings. The van der Waals surface area contributed by atoms with Crippen molar-refractivity contribution in [1.29, 1.82) is 0 Å². The number of guanidine groups is 1. The van der Waals surface area contributed by atoms with E-state index in [9.17, 15) is 8.42 Å². The molecular weight excluding hydrogens is 449 g/mol. The third kappa shape index (κ3) is 9.44. The van der Waals surface area contributed by atoms with Crippen molar-refractivity contribution in [2.24, 2.45) is 10.7 Å². The van der Waals surface area contributed by atoms with Crippen LogP contribution in [-0.4, -0.2) is 32.7 Å². The fraction of sp³-hybridized carbons (Fsp3) is 0.611. The van der Waals surface area contributed by atoms with Crippen LogP contribution in [0.2, 0.25) is 0 Å². The Morgan fingerprint density at radius 3 is 2.40 bits per heavy atom. The number of sulfone groups is 1. The molecule has 0 aliphatic heterocycles. The predicted molar refractivity (Wildman–Crippen MR) is 115 cm³/mol. The summed E-state index contributed by atoms with van der Waals surface area (Å²) in [6.45, 7) is 0.444. The molecule has 0 amide bonds. The number of rotatable bonds is 7. The second-order valence-corrected chi connectivity index (χ2v) is 8.72. The van der Waals surface area contributed by atoms with Crippen LogP contribution in [0, 0.1) is 0 Å². The van der Waals surface area contributed by atoms with Gasteiger partial charge in [-0.05, 0) is 24.8 Å². The summed E-state index contributed by atoms with van der Waals surface area (Å²) < 4.78 is 24.2. The maximum absolute atomic E-state index is 12.1. The summed E-state index contributed by atoms with van der Waals surface area (Å²) in [5, 5.41) is 3.27. The summed E-state index contributed by atoms with van der Waals surface area (Å²) >= 11 is 0. The molecule has 0 radical (unpaired) electrons. The number of nitrogens with zero attached hydrogens (tertiary/aromatic N) is 1. The van der Waals surface area contributed by atoms with Crippen LogP contribution in [0.4, 0.5) is 0 Å². The zero-order valence-corrected chi connectivity index (χ0v) is 17.8. The van der Waals surface area contributed by atoms with Gasteiger partial charge in [0.05, 0.1) is 11.5 Å². The van der Waals surface area contributed by atoms with E-state index in [1.54, 1.807) is 0 Å². The van der Waals surface area contributed by atoms with Crippen molar-refractivity contribution in [2.75, 3.05) is 12.3 Å². The average Bonchev–Trinajstić information content (AvgIpc) is 2.81. The minimum Gasteiger partial charge on any atom is -0.370 e. The van der Waals surface area contributed by atoms with Gasteiger partial charge in [0.2, 0.25) is 0 Å². The summed E-state index contributed by atoms with van der Waals surface area (Å²) in [4.78, 5) is 4.28. The molecule has 1 aromatic rings. The van der Waals surface area contributed by atoms with Gasteiger partial charge in [0, 0.05) is 12.6 Å². The monoisotopic (exact) mass is 479 g/mol. The average molecular weight is 479 g/mol. The van der Waals surface area contributed by atoms with Crippen LogP contribution in [0.1, 0.15) is 50.5 Å². The van der Waals surface area contributed by atoms with Gasteiger partial charge in [-0.1, -0.05) is 56.0 Å². The van der Waals surface area contributed by atoms with E-state index in [4.69, 9.17) is 5.73 Å². The van der Waals surface area contributed by atoms with Gasteiger partial charge in [-0.3, -0.25) is 4.99 Å². The normalized spacial score (nSPS) is 16.7. The molecule has 0 spiro atoms. The zero-order chi connectivity index (χ0) is 17.3. The Morgan fingerprint density at radius 2 is 1.76 bits per heavy atom. The maximum Gasteiger partial charge on any atom is 0.188 e. The Balaban J connectivity index is 0.00000312. The van der Waals surface area contributed by atoms with Crippen LogP contribution < -0.4 is 11.1 Å². The molecule has 2 rings (SSSR count).